The molecule has 1 aliphatic heterocycles. The summed E-state index contributed by atoms with van der Waals surface area (Å²) in [7, 11) is 0. The molecule has 1 aromatic rings. The van der Waals surface area contributed by atoms with E-state index < -0.39 is 0 Å². The Morgan fingerprint density at radius 3 is 2.39 bits per heavy atom. The maximum Gasteiger partial charge on any atom is 0.0678 e. The Kier molecular flexibility index (Phi) is 5.10. The van der Waals surface area contributed by atoms with Crippen LogP contribution in [0.25, 0.3) is 0 Å². The minimum atomic E-state index is 0.338. The zero-order valence-electron chi connectivity index (χ0n) is 11.2. The van der Waals surface area contributed by atoms with Crippen LogP contribution in [0.15, 0.2) is 30.3 Å². The van der Waals surface area contributed by atoms with Crippen LogP contribution < -0.4 is 0 Å². The van der Waals surface area contributed by atoms with Crippen molar-refractivity contribution in [1.29, 1.82) is 0 Å². The Labute approximate surface area is 116 Å². The Morgan fingerprint density at radius 2 is 1.83 bits per heavy atom. The van der Waals surface area contributed by atoms with E-state index in [0.717, 1.165) is 25.4 Å². The van der Waals surface area contributed by atoms with E-state index in [-0.39, 0.29) is 0 Å². The highest BCUT2D eigenvalue weighted by atomic mass is 32.1. The molecule has 1 aromatic carbocycles. The van der Waals surface area contributed by atoms with Crippen LogP contribution in [0.2, 0.25) is 0 Å². The van der Waals surface area contributed by atoms with E-state index in [0.29, 0.717) is 18.1 Å². The minimum absolute atomic E-state index is 0.338. The van der Waals surface area contributed by atoms with Gasteiger partial charge in [-0.25, -0.2) is 0 Å². The van der Waals surface area contributed by atoms with Crippen LogP contribution >= 0.6 is 12.6 Å². The zero-order valence-corrected chi connectivity index (χ0v) is 12.1. The smallest absolute Gasteiger partial charge is 0.0678 e. The molecule has 100 valence electrons. The molecule has 0 saturated carbocycles. The maximum absolute atomic E-state index is 5.78. The van der Waals surface area contributed by atoms with E-state index in [9.17, 15) is 0 Å². The molecule has 0 radical (unpaired) electrons. The molecule has 1 saturated heterocycles. The first-order chi connectivity index (χ1) is 8.69. The van der Waals surface area contributed by atoms with E-state index >= 15 is 0 Å². The number of morpholine rings is 1. The van der Waals surface area contributed by atoms with Gasteiger partial charge in [0.15, 0.2) is 0 Å². The molecule has 0 amide bonds. The molecular weight excluding hydrogens is 242 g/mol. The molecule has 3 atom stereocenters. The Morgan fingerprint density at radius 1 is 1.22 bits per heavy atom. The molecule has 1 unspecified atom stereocenters. The molecule has 0 aromatic heterocycles. The molecule has 3 heteroatoms. The molecule has 1 aliphatic rings. The van der Waals surface area contributed by atoms with Gasteiger partial charge in [0.1, 0.15) is 0 Å². The maximum atomic E-state index is 5.78. The summed E-state index contributed by atoms with van der Waals surface area (Å²) < 4.78 is 5.78. The summed E-state index contributed by atoms with van der Waals surface area (Å²) in [4.78, 5) is 2.51. The average molecular weight is 265 g/mol. The van der Waals surface area contributed by atoms with E-state index in [1.54, 1.807) is 0 Å². The Balaban J connectivity index is 1.98. The van der Waals surface area contributed by atoms with Gasteiger partial charge in [-0.3, -0.25) is 4.90 Å². The SMILES string of the molecule is C[C@@H]1CN(CC(CS)c2ccccc2)C[C@H](C)O1. The van der Waals surface area contributed by atoms with Crippen molar-refractivity contribution in [2.45, 2.75) is 32.0 Å². The molecule has 2 rings (SSSR count). The van der Waals surface area contributed by atoms with Crippen molar-refractivity contribution < 1.29 is 4.74 Å². The Hall–Kier alpha value is -0.510. The van der Waals surface area contributed by atoms with Gasteiger partial charge in [0.05, 0.1) is 12.2 Å². The van der Waals surface area contributed by atoms with Crippen LogP contribution in [-0.2, 0) is 4.74 Å². The van der Waals surface area contributed by atoms with Gasteiger partial charge < -0.3 is 4.74 Å². The average Bonchev–Trinajstić information content (AvgIpc) is 2.36. The quantitative estimate of drug-likeness (QED) is 0.841. The lowest BCUT2D eigenvalue weighted by Gasteiger charge is -2.37. The summed E-state index contributed by atoms with van der Waals surface area (Å²) in [5.74, 6) is 1.40. The minimum Gasteiger partial charge on any atom is -0.373 e. The number of rotatable bonds is 4. The van der Waals surface area contributed by atoms with Crippen molar-refractivity contribution in [3.63, 3.8) is 0 Å². The fourth-order valence-corrected chi connectivity index (χ4v) is 3.07. The third-order valence-corrected chi connectivity index (χ3v) is 3.91. The molecule has 18 heavy (non-hydrogen) atoms. The number of benzene rings is 1. The van der Waals surface area contributed by atoms with Gasteiger partial charge in [-0.05, 0) is 25.2 Å². The summed E-state index contributed by atoms with van der Waals surface area (Å²) in [6.45, 7) is 7.44. The predicted octanol–water partition coefficient (Wildman–Crippen LogP) is 2.81. The van der Waals surface area contributed by atoms with Crippen molar-refractivity contribution >= 4 is 12.6 Å². The van der Waals surface area contributed by atoms with Crippen LogP contribution in [0.1, 0.15) is 25.3 Å². The van der Waals surface area contributed by atoms with E-state index in [1.165, 1.54) is 5.56 Å². The summed E-state index contributed by atoms with van der Waals surface area (Å²) in [6, 6.07) is 10.7. The highest BCUT2D eigenvalue weighted by molar-refractivity contribution is 7.80. The van der Waals surface area contributed by atoms with Gasteiger partial charge in [-0.15, -0.1) is 0 Å². The number of ether oxygens (including phenoxy) is 1. The number of thiol groups is 1. The zero-order chi connectivity index (χ0) is 13.0. The highest BCUT2D eigenvalue weighted by Gasteiger charge is 2.24. The molecule has 1 fully saturated rings. The van der Waals surface area contributed by atoms with Crippen LogP contribution in [0, 0.1) is 0 Å². The van der Waals surface area contributed by atoms with Crippen molar-refractivity contribution in [2.24, 2.45) is 0 Å². The molecule has 0 aliphatic carbocycles. The monoisotopic (exact) mass is 265 g/mol. The molecular formula is C15H23NOS. The third-order valence-electron chi connectivity index (χ3n) is 3.47. The third kappa shape index (κ3) is 3.74. The summed E-state index contributed by atoms with van der Waals surface area (Å²) in [5, 5.41) is 0. The summed E-state index contributed by atoms with van der Waals surface area (Å²) in [5.41, 5.74) is 1.39. The molecule has 0 N–H and O–H groups in total. The molecule has 1 heterocycles. The highest BCUT2D eigenvalue weighted by Crippen LogP contribution is 2.21. The van der Waals surface area contributed by atoms with E-state index in [2.05, 4.69) is 61.7 Å². The normalized spacial score (nSPS) is 27.1. The van der Waals surface area contributed by atoms with Gasteiger partial charge in [-0.1, -0.05) is 30.3 Å². The van der Waals surface area contributed by atoms with Crippen molar-refractivity contribution in [1.82, 2.24) is 4.90 Å². The fraction of sp³-hybridized carbons (Fsp3) is 0.600. The second-order valence-electron chi connectivity index (χ2n) is 5.27. The lowest BCUT2D eigenvalue weighted by Crippen LogP contribution is -2.46. The van der Waals surface area contributed by atoms with Gasteiger partial charge >= 0.3 is 0 Å². The largest absolute Gasteiger partial charge is 0.373 e. The topological polar surface area (TPSA) is 12.5 Å². The van der Waals surface area contributed by atoms with Crippen LogP contribution in [0.5, 0.6) is 0 Å². The van der Waals surface area contributed by atoms with Crippen molar-refractivity contribution in [3.8, 4) is 0 Å². The first-order valence-electron chi connectivity index (χ1n) is 6.72. The molecule has 0 spiro atoms. The second-order valence-corrected chi connectivity index (χ2v) is 5.63. The van der Waals surface area contributed by atoms with Crippen LogP contribution in [-0.4, -0.2) is 42.5 Å². The van der Waals surface area contributed by atoms with Crippen molar-refractivity contribution in [3.05, 3.63) is 35.9 Å². The summed E-state index contributed by atoms with van der Waals surface area (Å²) >= 11 is 4.51. The lowest BCUT2D eigenvalue weighted by molar-refractivity contribution is -0.0688. The first kappa shape index (κ1) is 13.9. The van der Waals surface area contributed by atoms with Gasteiger partial charge in [0.25, 0.3) is 0 Å². The van der Waals surface area contributed by atoms with Gasteiger partial charge in [0.2, 0.25) is 0 Å². The summed E-state index contributed by atoms with van der Waals surface area (Å²) in [6.07, 6.45) is 0.676. The fourth-order valence-electron chi connectivity index (χ4n) is 2.74. The number of hydrogen-bond acceptors (Lipinski definition) is 3. The number of hydrogen-bond donors (Lipinski definition) is 1. The van der Waals surface area contributed by atoms with E-state index in [1.807, 2.05) is 0 Å². The predicted molar refractivity (Wildman–Crippen MR) is 79.5 cm³/mol. The first-order valence-corrected chi connectivity index (χ1v) is 7.36. The number of nitrogens with zero attached hydrogens (tertiary/aromatic N) is 1. The second kappa shape index (κ2) is 6.60. The molecule has 0 bridgehead atoms. The van der Waals surface area contributed by atoms with Gasteiger partial charge in [-0.2, -0.15) is 12.6 Å². The van der Waals surface area contributed by atoms with Crippen molar-refractivity contribution in [2.75, 3.05) is 25.4 Å². The van der Waals surface area contributed by atoms with Gasteiger partial charge in [0, 0.05) is 25.6 Å². The van der Waals surface area contributed by atoms with Crippen LogP contribution in [0.4, 0.5) is 0 Å². The van der Waals surface area contributed by atoms with E-state index in [4.69, 9.17) is 4.74 Å². The standard InChI is InChI=1S/C15H23NOS/c1-12-8-16(9-13(2)17-12)10-15(11-18)14-6-4-3-5-7-14/h3-7,12-13,15,18H,8-11H2,1-2H3/t12-,13+,15?. The van der Waals surface area contributed by atoms with Crippen LogP contribution in [0.3, 0.4) is 0 Å². The molecule has 2 nitrogen and oxygen atoms in total. The Bertz CT molecular complexity index is 347. The lowest BCUT2D eigenvalue weighted by atomic mass is 10.00.